The highest BCUT2D eigenvalue weighted by atomic mass is 16.6. The maximum absolute atomic E-state index is 10.8. The summed E-state index contributed by atoms with van der Waals surface area (Å²) >= 11 is 0. The molecule has 1 fully saturated rings. The number of phenols is 1. The SMILES string of the molecule is C[C@H]1C[C@H](C)CN(Cc2cc([N+](=O)[O-])ccc2O)C1. The monoisotopic (exact) mass is 264 g/mol. The summed E-state index contributed by atoms with van der Waals surface area (Å²) in [6.07, 6.45) is 1.22. The molecule has 1 saturated heterocycles. The number of rotatable bonds is 3. The summed E-state index contributed by atoms with van der Waals surface area (Å²) < 4.78 is 0. The molecular weight excluding hydrogens is 244 g/mol. The van der Waals surface area contributed by atoms with Crippen LogP contribution < -0.4 is 0 Å². The van der Waals surface area contributed by atoms with E-state index in [2.05, 4.69) is 18.7 Å². The Kier molecular flexibility index (Phi) is 4.04. The molecule has 0 radical (unpaired) electrons. The number of hydrogen-bond donors (Lipinski definition) is 1. The van der Waals surface area contributed by atoms with Gasteiger partial charge in [-0.3, -0.25) is 15.0 Å². The number of nitrogens with zero attached hydrogens (tertiary/aromatic N) is 2. The van der Waals surface area contributed by atoms with Gasteiger partial charge in [0.25, 0.3) is 5.69 Å². The topological polar surface area (TPSA) is 66.6 Å². The molecule has 0 bridgehead atoms. The van der Waals surface area contributed by atoms with Crippen LogP contribution in [0.1, 0.15) is 25.8 Å². The molecule has 1 aromatic carbocycles. The van der Waals surface area contributed by atoms with Gasteiger partial charge in [0.05, 0.1) is 4.92 Å². The van der Waals surface area contributed by atoms with Crippen molar-refractivity contribution in [3.05, 3.63) is 33.9 Å². The zero-order valence-corrected chi connectivity index (χ0v) is 11.4. The van der Waals surface area contributed by atoms with Gasteiger partial charge >= 0.3 is 0 Å². The van der Waals surface area contributed by atoms with Crippen molar-refractivity contribution in [2.24, 2.45) is 11.8 Å². The fourth-order valence-corrected chi connectivity index (χ4v) is 2.97. The van der Waals surface area contributed by atoms with E-state index in [9.17, 15) is 15.2 Å². The summed E-state index contributed by atoms with van der Waals surface area (Å²) in [5.74, 6) is 1.39. The Morgan fingerprint density at radius 3 is 2.58 bits per heavy atom. The summed E-state index contributed by atoms with van der Waals surface area (Å²) in [4.78, 5) is 12.6. The summed E-state index contributed by atoms with van der Waals surface area (Å²) in [5, 5.41) is 20.6. The zero-order chi connectivity index (χ0) is 14.0. The molecule has 0 spiro atoms. The molecule has 0 unspecified atom stereocenters. The first kappa shape index (κ1) is 13.8. The van der Waals surface area contributed by atoms with E-state index in [0.29, 0.717) is 23.9 Å². The second-order valence-corrected chi connectivity index (χ2v) is 5.71. The lowest BCUT2D eigenvalue weighted by molar-refractivity contribution is -0.385. The summed E-state index contributed by atoms with van der Waals surface area (Å²) in [6, 6.07) is 4.21. The lowest BCUT2D eigenvalue weighted by atomic mass is 9.91. The quantitative estimate of drug-likeness (QED) is 0.673. The number of nitro benzene ring substituents is 1. The van der Waals surface area contributed by atoms with Crippen molar-refractivity contribution in [1.82, 2.24) is 4.90 Å². The fourth-order valence-electron chi connectivity index (χ4n) is 2.97. The van der Waals surface area contributed by atoms with Gasteiger partial charge in [0.1, 0.15) is 5.75 Å². The Balaban J connectivity index is 2.13. The van der Waals surface area contributed by atoms with E-state index in [0.717, 1.165) is 13.1 Å². The first-order valence-corrected chi connectivity index (χ1v) is 6.64. The number of likely N-dealkylation sites (tertiary alicyclic amines) is 1. The first-order valence-electron chi connectivity index (χ1n) is 6.64. The Morgan fingerprint density at radius 2 is 2.00 bits per heavy atom. The average Bonchev–Trinajstić information content (AvgIpc) is 2.30. The largest absolute Gasteiger partial charge is 0.508 e. The number of benzene rings is 1. The molecular formula is C14H20N2O3. The third-order valence-corrected chi connectivity index (χ3v) is 3.61. The first-order chi connectivity index (χ1) is 8.95. The van der Waals surface area contributed by atoms with Crippen LogP contribution >= 0.6 is 0 Å². The average molecular weight is 264 g/mol. The van der Waals surface area contributed by atoms with Crippen LogP contribution in [-0.4, -0.2) is 28.0 Å². The molecule has 0 saturated carbocycles. The second-order valence-electron chi connectivity index (χ2n) is 5.71. The van der Waals surface area contributed by atoms with Gasteiger partial charge in [-0.1, -0.05) is 13.8 Å². The van der Waals surface area contributed by atoms with Crippen molar-refractivity contribution in [1.29, 1.82) is 0 Å². The van der Waals surface area contributed by atoms with Crippen molar-refractivity contribution in [3.63, 3.8) is 0 Å². The Hall–Kier alpha value is -1.62. The summed E-state index contributed by atoms with van der Waals surface area (Å²) in [6.45, 7) is 6.97. The number of piperidine rings is 1. The van der Waals surface area contributed by atoms with Gasteiger partial charge in [-0.05, 0) is 24.3 Å². The van der Waals surface area contributed by atoms with Crippen LogP contribution in [-0.2, 0) is 6.54 Å². The predicted molar refractivity (Wildman–Crippen MR) is 73.0 cm³/mol. The molecule has 2 rings (SSSR count). The van der Waals surface area contributed by atoms with E-state index in [1.807, 2.05) is 0 Å². The molecule has 1 aliphatic heterocycles. The van der Waals surface area contributed by atoms with Crippen molar-refractivity contribution in [3.8, 4) is 5.75 Å². The van der Waals surface area contributed by atoms with E-state index in [1.165, 1.54) is 24.6 Å². The highest BCUT2D eigenvalue weighted by Crippen LogP contribution is 2.27. The van der Waals surface area contributed by atoms with E-state index in [-0.39, 0.29) is 11.4 Å². The molecule has 5 nitrogen and oxygen atoms in total. The molecule has 5 heteroatoms. The predicted octanol–water partition coefficient (Wildman–Crippen LogP) is 2.78. The third kappa shape index (κ3) is 3.44. The van der Waals surface area contributed by atoms with Crippen LogP contribution in [0, 0.1) is 22.0 Å². The number of non-ortho nitro benzene ring substituents is 1. The molecule has 0 aromatic heterocycles. The van der Waals surface area contributed by atoms with Gasteiger partial charge in [0, 0.05) is 37.3 Å². The Morgan fingerprint density at radius 1 is 1.37 bits per heavy atom. The van der Waals surface area contributed by atoms with Crippen LogP contribution in [0.3, 0.4) is 0 Å². The molecule has 1 heterocycles. The van der Waals surface area contributed by atoms with Crippen LogP contribution in [0.15, 0.2) is 18.2 Å². The lowest BCUT2D eigenvalue weighted by Crippen LogP contribution is -2.38. The molecule has 0 amide bonds. The normalized spacial score (nSPS) is 24.3. The van der Waals surface area contributed by atoms with E-state index in [4.69, 9.17) is 0 Å². The molecule has 2 atom stereocenters. The second kappa shape index (κ2) is 5.57. The van der Waals surface area contributed by atoms with Crippen molar-refractivity contribution < 1.29 is 10.0 Å². The minimum absolute atomic E-state index is 0.0332. The number of nitro groups is 1. The lowest BCUT2D eigenvalue weighted by Gasteiger charge is -2.35. The zero-order valence-electron chi connectivity index (χ0n) is 11.4. The maximum Gasteiger partial charge on any atom is 0.270 e. The maximum atomic E-state index is 10.8. The molecule has 1 aromatic rings. The smallest absolute Gasteiger partial charge is 0.270 e. The van der Waals surface area contributed by atoms with Crippen molar-refractivity contribution >= 4 is 5.69 Å². The highest BCUT2D eigenvalue weighted by Gasteiger charge is 2.23. The Labute approximate surface area is 113 Å². The van der Waals surface area contributed by atoms with Gasteiger partial charge in [-0.2, -0.15) is 0 Å². The van der Waals surface area contributed by atoms with Crippen molar-refractivity contribution in [2.75, 3.05) is 13.1 Å². The van der Waals surface area contributed by atoms with Gasteiger partial charge < -0.3 is 5.11 Å². The Bertz CT molecular complexity index is 466. The third-order valence-electron chi connectivity index (χ3n) is 3.61. The van der Waals surface area contributed by atoms with Gasteiger partial charge in [-0.15, -0.1) is 0 Å². The molecule has 104 valence electrons. The number of hydrogen-bond acceptors (Lipinski definition) is 4. The van der Waals surface area contributed by atoms with Crippen LogP contribution in [0.25, 0.3) is 0 Å². The minimum atomic E-state index is -0.426. The van der Waals surface area contributed by atoms with Crippen LogP contribution in [0.4, 0.5) is 5.69 Å². The highest BCUT2D eigenvalue weighted by molar-refractivity contribution is 5.42. The fraction of sp³-hybridized carbons (Fsp3) is 0.571. The van der Waals surface area contributed by atoms with E-state index < -0.39 is 4.92 Å². The molecule has 1 N–H and O–H groups in total. The van der Waals surface area contributed by atoms with E-state index in [1.54, 1.807) is 0 Å². The molecule has 19 heavy (non-hydrogen) atoms. The van der Waals surface area contributed by atoms with Gasteiger partial charge in [0.2, 0.25) is 0 Å². The van der Waals surface area contributed by atoms with Gasteiger partial charge in [-0.25, -0.2) is 0 Å². The minimum Gasteiger partial charge on any atom is -0.508 e. The molecule has 1 aliphatic rings. The summed E-state index contributed by atoms with van der Waals surface area (Å²) in [5.41, 5.74) is 0.668. The van der Waals surface area contributed by atoms with Crippen LogP contribution in [0.5, 0.6) is 5.75 Å². The van der Waals surface area contributed by atoms with Crippen molar-refractivity contribution in [2.45, 2.75) is 26.8 Å². The number of phenolic OH excluding ortho intramolecular Hbond substituents is 1. The number of aromatic hydroxyl groups is 1. The standard InChI is InChI=1S/C14H20N2O3/c1-10-5-11(2)8-15(7-10)9-12-6-13(16(18)19)3-4-14(12)17/h3-4,6,10-11,17H,5,7-9H2,1-2H3/t10-,11-/m0/s1. The summed E-state index contributed by atoms with van der Waals surface area (Å²) in [7, 11) is 0. The van der Waals surface area contributed by atoms with E-state index >= 15 is 0 Å². The van der Waals surface area contributed by atoms with Gasteiger partial charge in [0.15, 0.2) is 0 Å². The van der Waals surface area contributed by atoms with Crippen LogP contribution in [0.2, 0.25) is 0 Å². The molecule has 0 aliphatic carbocycles.